The van der Waals surface area contributed by atoms with Crippen molar-refractivity contribution in [3.63, 3.8) is 0 Å². The molecule has 0 fully saturated rings. The van der Waals surface area contributed by atoms with Crippen molar-refractivity contribution >= 4 is 41.3 Å². The van der Waals surface area contributed by atoms with Gasteiger partial charge in [0.1, 0.15) is 11.3 Å². The zero-order valence-electron chi connectivity index (χ0n) is 14.9. The number of hydrogen-bond acceptors (Lipinski definition) is 5. The van der Waals surface area contributed by atoms with Crippen LogP contribution in [0, 0.1) is 13.8 Å². The molecule has 0 atom stereocenters. The summed E-state index contributed by atoms with van der Waals surface area (Å²) in [6.45, 7) is 5.45. The van der Waals surface area contributed by atoms with Crippen molar-refractivity contribution in [3.8, 4) is 11.4 Å². The Morgan fingerprint density at radius 3 is 2.69 bits per heavy atom. The molecule has 0 aliphatic rings. The van der Waals surface area contributed by atoms with Gasteiger partial charge in [0.2, 0.25) is 0 Å². The van der Waals surface area contributed by atoms with E-state index in [1.165, 1.54) is 11.2 Å². The maximum atomic E-state index is 4.53. The van der Waals surface area contributed by atoms with Crippen molar-refractivity contribution in [2.24, 2.45) is 4.99 Å². The second-order valence-electron chi connectivity index (χ2n) is 5.56. The number of aryl methyl sites for hydroxylation is 2. The van der Waals surface area contributed by atoms with Crippen LogP contribution < -0.4 is 10.6 Å². The van der Waals surface area contributed by atoms with Crippen molar-refractivity contribution in [3.05, 3.63) is 51.7 Å². The molecule has 2 aromatic heterocycles. The summed E-state index contributed by atoms with van der Waals surface area (Å²) in [5, 5.41) is 14.4. The maximum absolute atomic E-state index is 4.53. The lowest BCUT2D eigenvalue weighted by Crippen LogP contribution is -2.36. The number of nitrogens with one attached hydrogen (secondary N) is 3. The lowest BCUT2D eigenvalue weighted by molar-refractivity contribution is 0.803. The van der Waals surface area contributed by atoms with E-state index < -0.39 is 0 Å². The molecule has 0 amide bonds. The number of aromatic amines is 1. The first-order valence-corrected chi connectivity index (χ1v) is 8.79. The van der Waals surface area contributed by atoms with Crippen LogP contribution in [0.4, 0.5) is 0 Å². The molecule has 0 bridgehead atoms. The van der Waals surface area contributed by atoms with Gasteiger partial charge in [-0.05, 0) is 25.5 Å². The number of guanidine groups is 1. The lowest BCUT2D eigenvalue weighted by atomic mass is 10.1. The molecule has 3 N–H and O–H groups in total. The Morgan fingerprint density at radius 2 is 2.04 bits per heavy atom. The highest BCUT2D eigenvalue weighted by Gasteiger charge is 2.06. The molecule has 9 heteroatoms. The number of benzene rings is 1. The maximum Gasteiger partial charge on any atom is 0.191 e. The number of aromatic nitrogens is 4. The van der Waals surface area contributed by atoms with Gasteiger partial charge >= 0.3 is 0 Å². The second-order valence-corrected chi connectivity index (χ2v) is 6.85. The third kappa shape index (κ3) is 5.24. The molecule has 26 heavy (non-hydrogen) atoms. The summed E-state index contributed by atoms with van der Waals surface area (Å²) in [5.74, 6) is 1.51. The SMILES string of the molecule is CN=C(NCc1cccc(-c2ncn[nH]2)c1)NCc1nc(C)c(C)s1.I. The number of halogens is 1. The van der Waals surface area contributed by atoms with Gasteiger partial charge in [-0.15, -0.1) is 35.3 Å². The van der Waals surface area contributed by atoms with Crippen LogP contribution in [-0.2, 0) is 13.1 Å². The predicted molar refractivity (Wildman–Crippen MR) is 116 cm³/mol. The smallest absolute Gasteiger partial charge is 0.191 e. The summed E-state index contributed by atoms with van der Waals surface area (Å²) in [6.07, 6.45) is 1.51. The quantitative estimate of drug-likeness (QED) is 0.295. The van der Waals surface area contributed by atoms with Crippen molar-refractivity contribution in [1.29, 1.82) is 0 Å². The molecule has 1 aromatic carbocycles. The van der Waals surface area contributed by atoms with Crippen molar-refractivity contribution < 1.29 is 0 Å². The summed E-state index contributed by atoms with van der Waals surface area (Å²) < 4.78 is 0. The molecule has 2 heterocycles. The average Bonchev–Trinajstić information content (AvgIpc) is 3.26. The van der Waals surface area contributed by atoms with E-state index in [0.29, 0.717) is 13.1 Å². The van der Waals surface area contributed by atoms with Gasteiger partial charge in [0.15, 0.2) is 11.8 Å². The van der Waals surface area contributed by atoms with Crippen molar-refractivity contribution in [2.75, 3.05) is 7.05 Å². The molecule has 7 nitrogen and oxygen atoms in total. The molecular weight excluding hydrogens is 461 g/mol. The standard InChI is InChI=1S/C17H21N7S.HI/c1-11-12(2)25-15(23-11)9-20-17(18-3)19-8-13-5-4-6-14(7-13)16-21-10-22-24-16;/h4-7,10H,8-9H2,1-3H3,(H2,18,19,20)(H,21,22,24);1H. The summed E-state index contributed by atoms with van der Waals surface area (Å²) in [7, 11) is 1.76. The van der Waals surface area contributed by atoms with Crippen LogP contribution >= 0.6 is 35.3 Å². The first-order valence-electron chi connectivity index (χ1n) is 7.98. The normalized spacial score (nSPS) is 11.1. The number of H-pyrrole nitrogens is 1. The minimum Gasteiger partial charge on any atom is -0.352 e. The zero-order chi connectivity index (χ0) is 17.6. The molecule has 0 aliphatic heterocycles. The minimum absolute atomic E-state index is 0. The molecule has 0 saturated carbocycles. The van der Waals surface area contributed by atoms with Crippen LogP contribution in [0.15, 0.2) is 35.6 Å². The third-order valence-electron chi connectivity index (χ3n) is 3.78. The van der Waals surface area contributed by atoms with E-state index in [9.17, 15) is 0 Å². The largest absolute Gasteiger partial charge is 0.352 e. The van der Waals surface area contributed by atoms with Gasteiger partial charge in [-0.1, -0.05) is 18.2 Å². The fourth-order valence-corrected chi connectivity index (χ4v) is 3.23. The number of rotatable bonds is 5. The molecule has 3 aromatic rings. The molecule has 0 saturated heterocycles. The number of hydrogen-bond donors (Lipinski definition) is 3. The van der Waals surface area contributed by atoms with Gasteiger partial charge in [-0.25, -0.2) is 9.97 Å². The summed E-state index contributed by atoms with van der Waals surface area (Å²) in [5.41, 5.74) is 3.24. The molecular formula is C17H22IN7S. The van der Waals surface area contributed by atoms with E-state index in [4.69, 9.17) is 0 Å². The average molecular weight is 483 g/mol. The Morgan fingerprint density at radius 1 is 1.23 bits per heavy atom. The Kier molecular flexibility index (Phi) is 7.51. The van der Waals surface area contributed by atoms with E-state index in [2.05, 4.69) is 54.8 Å². The first-order chi connectivity index (χ1) is 12.2. The fraction of sp³-hybridized carbons (Fsp3) is 0.294. The zero-order valence-corrected chi connectivity index (χ0v) is 18.1. The monoisotopic (exact) mass is 483 g/mol. The number of nitrogens with zero attached hydrogens (tertiary/aromatic N) is 4. The number of aliphatic imine (C=N–C) groups is 1. The van der Waals surface area contributed by atoms with Crippen LogP contribution in [-0.4, -0.2) is 33.2 Å². The molecule has 0 unspecified atom stereocenters. The first kappa shape index (κ1) is 20.3. The van der Waals surface area contributed by atoms with E-state index in [1.807, 2.05) is 19.1 Å². The number of thiazole rings is 1. The molecule has 0 spiro atoms. The van der Waals surface area contributed by atoms with E-state index in [-0.39, 0.29) is 24.0 Å². The fourth-order valence-electron chi connectivity index (χ4n) is 2.35. The lowest BCUT2D eigenvalue weighted by Gasteiger charge is -2.11. The molecule has 3 rings (SSSR count). The Labute approximate surface area is 173 Å². The third-order valence-corrected chi connectivity index (χ3v) is 4.85. The van der Waals surface area contributed by atoms with Crippen molar-refractivity contribution in [1.82, 2.24) is 30.8 Å². The van der Waals surface area contributed by atoms with Crippen LogP contribution in [0.2, 0.25) is 0 Å². The summed E-state index contributed by atoms with van der Waals surface area (Å²) in [6, 6.07) is 8.15. The van der Waals surface area contributed by atoms with Gasteiger partial charge < -0.3 is 10.6 Å². The van der Waals surface area contributed by atoms with Crippen LogP contribution in [0.5, 0.6) is 0 Å². The van der Waals surface area contributed by atoms with Gasteiger partial charge in [-0.2, -0.15) is 5.10 Å². The topological polar surface area (TPSA) is 90.9 Å². The highest BCUT2D eigenvalue weighted by Crippen LogP contribution is 2.16. The predicted octanol–water partition coefficient (Wildman–Crippen LogP) is 3.03. The summed E-state index contributed by atoms with van der Waals surface area (Å²) >= 11 is 1.71. The van der Waals surface area contributed by atoms with Gasteiger partial charge in [0, 0.05) is 24.0 Å². The highest BCUT2D eigenvalue weighted by atomic mass is 127. The molecule has 0 aliphatic carbocycles. The Bertz CT molecular complexity index is 838. The van der Waals surface area contributed by atoms with E-state index in [1.54, 1.807) is 18.4 Å². The van der Waals surface area contributed by atoms with Crippen LogP contribution in [0.1, 0.15) is 21.1 Å². The van der Waals surface area contributed by atoms with E-state index >= 15 is 0 Å². The molecule has 0 radical (unpaired) electrons. The van der Waals surface area contributed by atoms with Crippen molar-refractivity contribution in [2.45, 2.75) is 26.9 Å². The summed E-state index contributed by atoms with van der Waals surface area (Å²) in [4.78, 5) is 14.2. The van der Waals surface area contributed by atoms with E-state index in [0.717, 1.165) is 33.6 Å². The van der Waals surface area contributed by atoms with Gasteiger partial charge in [-0.3, -0.25) is 10.1 Å². The molecule has 138 valence electrons. The van der Waals surface area contributed by atoms with Crippen LogP contribution in [0.25, 0.3) is 11.4 Å². The van der Waals surface area contributed by atoms with Crippen LogP contribution in [0.3, 0.4) is 0 Å². The Hall–Kier alpha value is -2.01. The Balaban J connectivity index is 0.00000243. The van der Waals surface area contributed by atoms with Gasteiger partial charge in [0.25, 0.3) is 0 Å². The second kappa shape index (κ2) is 9.62. The minimum atomic E-state index is 0. The highest BCUT2D eigenvalue weighted by molar-refractivity contribution is 14.0. The van der Waals surface area contributed by atoms with Gasteiger partial charge in [0.05, 0.1) is 12.2 Å².